The van der Waals surface area contributed by atoms with E-state index >= 15 is 0 Å². The molecule has 0 spiro atoms. The van der Waals surface area contributed by atoms with Gasteiger partial charge < -0.3 is 10.0 Å². The van der Waals surface area contributed by atoms with Gasteiger partial charge in [-0.3, -0.25) is 9.59 Å². The fourth-order valence-corrected chi connectivity index (χ4v) is 4.17. The minimum atomic E-state index is -0.773. The number of hydrogen-bond acceptors (Lipinski definition) is 4. The number of aromatic nitrogens is 1. The Morgan fingerprint density at radius 2 is 1.96 bits per heavy atom. The van der Waals surface area contributed by atoms with Gasteiger partial charge in [-0.25, -0.2) is 4.98 Å². The molecule has 1 aliphatic heterocycles. The first kappa shape index (κ1) is 18.6. The molecule has 1 aromatic heterocycles. The number of piperidine rings is 1. The first-order chi connectivity index (χ1) is 12.4. The fourth-order valence-electron chi connectivity index (χ4n) is 3.37. The van der Waals surface area contributed by atoms with E-state index in [2.05, 4.69) is 31.0 Å². The zero-order valence-electron chi connectivity index (χ0n) is 15.3. The Kier molecular flexibility index (Phi) is 5.41. The molecule has 0 bridgehead atoms. The lowest BCUT2D eigenvalue weighted by atomic mass is 9.87. The van der Waals surface area contributed by atoms with E-state index < -0.39 is 5.97 Å². The van der Waals surface area contributed by atoms with E-state index in [1.807, 2.05) is 19.1 Å². The number of carbonyl (C=O) groups excluding carboxylic acids is 1. The van der Waals surface area contributed by atoms with Gasteiger partial charge in [0, 0.05) is 24.0 Å². The van der Waals surface area contributed by atoms with Gasteiger partial charge in [0.2, 0.25) is 0 Å². The summed E-state index contributed by atoms with van der Waals surface area (Å²) in [6.07, 6.45) is 0.496. The van der Waals surface area contributed by atoms with Crippen LogP contribution in [0, 0.1) is 11.8 Å². The number of benzene rings is 1. The first-order valence-electron chi connectivity index (χ1n) is 8.94. The molecule has 0 saturated carbocycles. The van der Waals surface area contributed by atoms with Crippen molar-refractivity contribution in [3.8, 4) is 10.6 Å². The van der Waals surface area contributed by atoms with Crippen LogP contribution in [0.5, 0.6) is 0 Å². The van der Waals surface area contributed by atoms with E-state index in [0.717, 1.165) is 10.6 Å². The lowest BCUT2D eigenvalue weighted by Crippen LogP contribution is -2.45. The van der Waals surface area contributed by atoms with Crippen LogP contribution in [-0.2, 0) is 4.79 Å². The second-order valence-corrected chi connectivity index (χ2v) is 8.13. The molecular weight excluding hydrogens is 348 g/mol. The zero-order chi connectivity index (χ0) is 18.8. The molecule has 5 nitrogen and oxygen atoms in total. The quantitative estimate of drug-likeness (QED) is 0.876. The standard InChI is InChI=1S/C20H24N2O3S/c1-12(2)14-4-6-15(7-5-14)18-21-17(11-26-18)19(23)22-9-8-16(20(24)25)13(3)10-22/h4-7,11-13,16H,8-10H2,1-3H3,(H,24,25). The van der Waals surface area contributed by atoms with Crippen molar-refractivity contribution in [1.82, 2.24) is 9.88 Å². The summed E-state index contributed by atoms with van der Waals surface area (Å²) in [6, 6.07) is 8.29. The molecule has 1 amide bonds. The van der Waals surface area contributed by atoms with E-state index in [1.54, 1.807) is 10.3 Å². The summed E-state index contributed by atoms with van der Waals surface area (Å²) in [6.45, 7) is 7.14. The monoisotopic (exact) mass is 372 g/mol. The van der Waals surface area contributed by atoms with Crippen molar-refractivity contribution >= 4 is 23.2 Å². The molecule has 1 aliphatic rings. The molecule has 2 aromatic rings. The third-order valence-electron chi connectivity index (χ3n) is 5.06. The molecule has 138 valence electrons. The Morgan fingerprint density at radius 3 is 2.54 bits per heavy atom. The highest BCUT2D eigenvalue weighted by Gasteiger charge is 2.33. The van der Waals surface area contributed by atoms with Gasteiger partial charge in [0.1, 0.15) is 10.7 Å². The van der Waals surface area contributed by atoms with Crippen LogP contribution in [0.1, 0.15) is 49.2 Å². The largest absolute Gasteiger partial charge is 0.481 e. The molecule has 1 N–H and O–H groups in total. The van der Waals surface area contributed by atoms with Crippen molar-refractivity contribution in [2.45, 2.75) is 33.1 Å². The molecule has 1 fully saturated rings. The summed E-state index contributed by atoms with van der Waals surface area (Å²) in [7, 11) is 0. The third-order valence-corrected chi connectivity index (χ3v) is 5.95. The number of carboxylic acid groups (broad SMARTS) is 1. The van der Waals surface area contributed by atoms with Gasteiger partial charge in [-0.2, -0.15) is 0 Å². The maximum atomic E-state index is 12.7. The molecule has 2 atom stereocenters. The van der Waals surface area contributed by atoms with Gasteiger partial charge in [0.05, 0.1) is 5.92 Å². The molecule has 1 saturated heterocycles. The summed E-state index contributed by atoms with van der Waals surface area (Å²) in [5.41, 5.74) is 2.73. The van der Waals surface area contributed by atoms with Gasteiger partial charge in [-0.05, 0) is 23.8 Å². The fraction of sp³-hybridized carbons (Fsp3) is 0.450. The summed E-state index contributed by atoms with van der Waals surface area (Å²) in [5, 5.41) is 11.8. The summed E-state index contributed by atoms with van der Waals surface area (Å²) < 4.78 is 0. The maximum absolute atomic E-state index is 12.7. The van der Waals surface area contributed by atoms with Crippen molar-refractivity contribution in [3.05, 3.63) is 40.9 Å². The molecule has 0 aliphatic carbocycles. The summed E-state index contributed by atoms with van der Waals surface area (Å²) in [5.74, 6) is -0.822. The van der Waals surface area contributed by atoms with Crippen molar-refractivity contribution in [2.24, 2.45) is 11.8 Å². The van der Waals surface area contributed by atoms with Crippen LogP contribution < -0.4 is 0 Å². The van der Waals surface area contributed by atoms with Crippen molar-refractivity contribution in [3.63, 3.8) is 0 Å². The van der Waals surface area contributed by atoms with E-state index in [1.165, 1.54) is 16.9 Å². The van der Waals surface area contributed by atoms with Gasteiger partial charge in [0.25, 0.3) is 5.91 Å². The SMILES string of the molecule is CC(C)c1ccc(-c2nc(C(=O)N3CCC(C(=O)O)C(C)C3)cs2)cc1. The molecule has 1 aromatic carbocycles. The highest BCUT2D eigenvalue weighted by Crippen LogP contribution is 2.28. The van der Waals surface area contributed by atoms with Crippen LogP contribution in [0.25, 0.3) is 10.6 Å². The molecule has 3 rings (SSSR count). The number of carboxylic acids is 1. The first-order valence-corrected chi connectivity index (χ1v) is 9.82. The summed E-state index contributed by atoms with van der Waals surface area (Å²) in [4.78, 5) is 30.2. The number of aliphatic carboxylic acids is 1. The number of carbonyl (C=O) groups is 2. The van der Waals surface area contributed by atoms with Crippen LogP contribution in [0.4, 0.5) is 0 Å². The minimum Gasteiger partial charge on any atom is -0.481 e. The van der Waals surface area contributed by atoms with E-state index in [0.29, 0.717) is 31.1 Å². The number of rotatable bonds is 4. The Hall–Kier alpha value is -2.21. The molecular formula is C20H24N2O3S. The zero-order valence-corrected chi connectivity index (χ0v) is 16.1. The second kappa shape index (κ2) is 7.58. The average molecular weight is 372 g/mol. The maximum Gasteiger partial charge on any atom is 0.306 e. The molecule has 2 unspecified atom stereocenters. The van der Waals surface area contributed by atoms with Crippen LogP contribution in [0.15, 0.2) is 29.6 Å². The Balaban J connectivity index is 1.71. The lowest BCUT2D eigenvalue weighted by molar-refractivity contribution is -0.145. The highest BCUT2D eigenvalue weighted by atomic mass is 32.1. The normalized spacial score (nSPS) is 20.4. The molecule has 6 heteroatoms. The van der Waals surface area contributed by atoms with E-state index in [4.69, 9.17) is 0 Å². The number of nitrogens with zero attached hydrogens (tertiary/aromatic N) is 2. The Morgan fingerprint density at radius 1 is 1.27 bits per heavy atom. The number of amides is 1. The van der Waals surface area contributed by atoms with Crippen LogP contribution >= 0.6 is 11.3 Å². The molecule has 2 heterocycles. The van der Waals surface area contributed by atoms with Crippen LogP contribution in [0.2, 0.25) is 0 Å². The van der Waals surface area contributed by atoms with Gasteiger partial charge in [0.15, 0.2) is 0 Å². The average Bonchev–Trinajstić information content (AvgIpc) is 3.10. The van der Waals surface area contributed by atoms with E-state index in [9.17, 15) is 14.7 Å². The lowest BCUT2D eigenvalue weighted by Gasteiger charge is -2.34. The predicted octanol–water partition coefficient (Wildman–Crippen LogP) is 4.12. The van der Waals surface area contributed by atoms with Crippen LogP contribution in [0.3, 0.4) is 0 Å². The van der Waals surface area contributed by atoms with Gasteiger partial charge >= 0.3 is 5.97 Å². The Labute approximate surface area is 157 Å². The highest BCUT2D eigenvalue weighted by molar-refractivity contribution is 7.13. The number of hydrogen-bond donors (Lipinski definition) is 1. The van der Waals surface area contributed by atoms with Crippen LogP contribution in [-0.4, -0.2) is 40.0 Å². The smallest absolute Gasteiger partial charge is 0.306 e. The minimum absolute atomic E-state index is 0.0492. The number of thiazole rings is 1. The molecule has 26 heavy (non-hydrogen) atoms. The Bertz CT molecular complexity index is 798. The predicted molar refractivity (Wildman–Crippen MR) is 102 cm³/mol. The summed E-state index contributed by atoms with van der Waals surface area (Å²) >= 11 is 1.46. The van der Waals surface area contributed by atoms with Crippen molar-refractivity contribution in [1.29, 1.82) is 0 Å². The van der Waals surface area contributed by atoms with Crippen molar-refractivity contribution in [2.75, 3.05) is 13.1 Å². The van der Waals surface area contributed by atoms with Gasteiger partial charge in [-0.15, -0.1) is 11.3 Å². The topological polar surface area (TPSA) is 70.5 Å². The third kappa shape index (κ3) is 3.80. The second-order valence-electron chi connectivity index (χ2n) is 7.28. The van der Waals surface area contributed by atoms with Crippen molar-refractivity contribution < 1.29 is 14.7 Å². The van der Waals surface area contributed by atoms with E-state index in [-0.39, 0.29) is 17.7 Å². The molecule has 0 radical (unpaired) electrons. The number of likely N-dealkylation sites (tertiary alicyclic amines) is 1. The van der Waals surface area contributed by atoms with Gasteiger partial charge in [-0.1, -0.05) is 45.0 Å².